The molecule has 0 N–H and O–H groups in total. The van der Waals surface area contributed by atoms with E-state index in [0.717, 1.165) is 55.8 Å². The van der Waals surface area contributed by atoms with E-state index in [1.807, 2.05) is 0 Å². The van der Waals surface area contributed by atoms with E-state index in [4.69, 9.17) is 13.6 Å². The summed E-state index contributed by atoms with van der Waals surface area (Å²) in [7, 11) is -2.01. The molecule has 0 atom stereocenters. The van der Waals surface area contributed by atoms with Gasteiger partial charge < -0.3 is 13.6 Å². The van der Waals surface area contributed by atoms with Gasteiger partial charge >= 0.3 is 8.60 Å². The molecule has 374 valence electrons. The average molecular weight is 935 g/mol. The number of benzene rings is 3. The Morgan fingerprint density at radius 1 is 0.358 bits per heavy atom. The minimum absolute atomic E-state index is 0.00834. The Balaban J connectivity index is 1.63. The lowest BCUT2D eigenvalue weighted by Crippen LogP contribution is -2.23. The largest absolute Gasteiger partial charge is 0.530 e. The molecule has 0 radical (unpaired) electrons. The summed E-state index contributed by atoms with van der Waals surface area (Å²) in [5.74, 6) is 2.78. The lowest BCUT2D eigenvalue weighted by molar-refractivity contribution is 0.358. The molecular formula is C63H99O3P. The molecule has 3 aromatic carbocycles. The summed E-state index contributed by atoms with van der Waals surface area (Å²) in [6, 6.07) is 14.9. The van der Waals surface area contributed by atoms with Gasteiger partial charge in [0.05, 0.1) is 0 Å². The van der Waals surface area contributed by atoms with Gasteiger partial charge in [0.1, 0.15) is 17.2 Å². The van der Waals surface area contributed by atoms with E-state index >= 15 is 0 Å². The zero-order valence-corrected chi connectivity index (χ0v) is 48.1. The standard InChI is InChI=1S/C63H99O3P/c1-22-25-28-31-55(4,5)49-34-43-46(61(16,17)40-58(43,10)11)37-52(49)64-67(65-53-38-47-44(59(12,13)41-62(47,18)19)35-50(53)56(6,7)32-29-26-23-2)66-54-39-48-45(60(14,15)42-63(48,20)21)36-51(54)57(8,9)33-30-27-24-3/h34-39H,22-33,40-42H2,1-21H3. The minimum atomic E-state index is -2.01. The molecule has 0 spiro atoms. The van der Waals surface area contributed by atoms with Crippen LogP contribution < -0.4 is 13.6 Å². The van der Waals surface area contributed by atoms with Gasteiger partial charge in [-0.1, -0.05) is 221 Å². The van der Waals surface area contributed by atoms with E-state index < -0.39 is 8.60 Å². The Morgan fingerprint density at radius 3 is 0.776 bits per heavy atom. The van der Waals surface area contributed by atoms with Crippen molar-refractivity contribution in [3.8, 4) is 17.2 Å². The lowest BCUT2D eigenvalue weighted by atomic mass is 9.76. The van der Waals surface area contributed by atoms with Crippen molar-refractivity contribution in [2.75, 3.05) is 0 Å². The quantitative estimate of drug-likeness (QED) is 0.0787. The van der Waals surface area contributed by atoms with Crippen molar-refractivity contribution < 1.29 is 13.6 Å². The second-order valence-corrected chi connectivity index (χ2v) is 29.0. The van der Waals surface area contributed by atoms with Crippen molar-refractivity contribution in [3.63, 3.8) is 0 Å². The van der Waals surface area contributed by atoms with Gasteiger partial charge in [-0.15, -0.1) is 0 Å². The van der Waals surface area contributed by atoms with Gasteiger partial charge in [0.25, 0.3) is 0 Å². The van der Waals surface area contributed by atoms with E-state index in [9.17, 15) is 0 Å². The monoisotopic (exact) mass is 935 g/mol. The molecular weight excluding hydrogens is 836 g/mol. The molecule has 3 aromatic rings. The Morgan fingerprint density at radius 2 is 0.567 bits per heavy atom. The Labute approximate surface area is 414 Å². The zero-order chi connectivity index (χ0) is 50.0. The highest BCUT2D eigenvalue weighted by atomic mass is 31.2. The number of hydrogen-bond acceptors (Lipinski definition) is 3. The molecule has 4 heteroatoms. The van der Waals surface area contributed by atoms with Crippen molar-refractivity contribution in [2.24, 2.45) is 0 Å². The molecule has 67 heavy (non-hydrogen) atoms. The number of fused-ring (bicyclic) bond motifs is 3. The number of hydrogen-bond donors (Lipinski definition) is 0. The third-order valence-electron chi connectivity index (χ3n) is 17.3. The summed E-state index contributed by atoms with van der Waals surface area (Å²) in [5, 5.41) is 0. The fourth-order valence-electron chi connectivity index (χ4n) is 13.9. The Hall–Kier alpha value is -2.51. The van der Waals surface area contributed by atoms with Crippen LogP contribution in [0.25, 0.3) is 0 Å². The summed E-state index contributed by atoms with van der Waals surface area (Å²) in [5.41, 5.74) is 12.3. The van der Waals surface area contributed by atoms with Crippen molar-refractivity contribution in [2.45, 2.75) is 290 Å². The third-order valence-corrected chi connectivity index (χ3v) is 18.3. The van der Waals surface area contributed by atoms with Gasteiger partial charge in [0, 0.05) is 16.7 Å². The fourth-order valence-corrected chi connectivity index (χ4v) is 15.0. The smallest absolute Gasteiger partial charge is 0.408 e. The van der Waals surface area contributed by atoms with Crippen molar-refractivity contribution in [1.29, 1.82) is 0 Å². The van der Waals surface area contributed by atoms with Crippen LogP contribution in [0.3, 0.4) is 0 Å². The van der Waals surface area contributed by atoms with Crippen LogP contribution in [0, 0.1) is 0 Å². The van der Waals surface area contributed by atoms with Gasteiger partial charge in [-0.05, 0) is 139 Å². The zero-order valence-electron chi connectivity index (χ0n) is 47.2. The number of rotatable bonds is 21. The summed E-state index contributed by atoms with van der Waals surface area (Å²) < 4.78 is 23.1. The van der Waals surface area contributed by atoms with Crippen LogP contribution in [0.15, 0.2) is 36.4 Å². The maximum absolute atomic E-state index is 7.71. The predicted molar refractivity (Wildman–Crippen MR) is 292 cm³/mol. The normalized spacial score (nSPS) is 19.6. The third kappa shape index (κ3) is 11.0. The van der Waals surface area contributed by atoms with Gasteiger partial charge in [-0.25, -0.2) is 0 Å². The topological polar surface area (TPSA) is 27.7 Å². The molecule has 6 rings (SSSR count). The second kappa shape index (κ2) is 18.9. The van der Waals surface area contributed by atoms with Crippen molar-refractivity contribution >= 4 is 8.60 Å². The van der Waals surface area contributed by atoms with Gasteiger partial charge in [-0.2, -0.15) is 0 Å². The molecule has 0 bridgehead atoms. The SMILES string of the molecule is CCCCCC(C)(C)c1cc2c(cc1OP(Oc1cc3c(cc1C(C)(C)CCCCC)C(C)(C)CC3(C)C)Oc1cc3c(cc1C(C)(C)CCCCC)C(C)(C)CC3(C)C)C(C)(C)CC2(C)C. The Bertz CT molecular complexity index is 1990. The molecule has 0 fully saturated rings. The van der Waals surface area contributed by atoms with Crippen molar-refractivity contribution in [3.05, 3.63) is 86.5 Å². The van der Waals surface area contributed by atoms with Crippen LogP contribution in [0.4, 0.5) is 0 Å². The van der Waals surface area contributed by atoms with E-state index in [2.05, 4.69) is 182 Å². The van der Waals surface area contributed by atoms with Crippen LogP contribution in [-0.2, 0) is 48.7 Å². The first-order valence-electron chi connectivity index (χ1n) is 27.2. The summed E-state index contributed by atoms with van der Waals surface area (Å²) in [4.78, 5) is 0. The lowest BCUT2D eigenvalue weighted by Gasteiger charge is -2.34. The van der Waals surface area contributed by atoms with Crippen LogP contribution in [-0.4, -0.2) is 0 Å². The highest BCUT2D eigenvalue weighted by Crippen LogP contribution is 2.59. The highest BCUT2D eigenvalue weighted by molar-refractivity contribution is 7.43. The molecule has 0 unspecified atom stereocenters. The first-order valence-corrected chi connectivity index (χ1v) is 28.3. The highest BCUT2D eigenvalue weighted by Gasteiger charge is 2.48. The fraction of sp³-hybridized carbons (Fsp3) is 0.714. The molecule has 0 heterocycles. The van der Waals surface area contributed by atoms with Crippen LogP contribution >= 0.6 is 8.60 Å². The molecule has 3 aliphatic carbocycles. The van der Waals surface area contributed by atoms with E-state index in [-0.39, 0.29) is 48.7 Å². The number of unbranched alkanes of at least 4 members (excludes halogenated alkanes) is 6. The maximum atomic E-state index is 7.71. The maximum Gasteiger partial charge on any atom is 0.530 e. The first kappa shape index (κ1) is 53.8. The second-order valence-electron chi connectivity index (χ2n) is 28.0. The summed E-state index contributed by atoms with van der Waals surface area (Å²) in [6.07, 6.45) is 17.4. The minimum Gasteiger partial charge on any atom is -0.408 e. The molecule has 0 aromatic heterocycles. The van der Waals surface area contributed by atoms with Gasteiger partial charge in [0.15, 0.2) is 0 Å². The van der Waals surface area contributed by atoms with Crippen LogP contribution in [0.2, 0.25) is 0 Å². The molecule has 0 aliphatic heterocycles. The predicted octanol–water partition coefficient (Wildman–Crippen LogP) is 19.9. The van der Waals surface area contributed by atoms with E-state index in [1.54, 1.807) is 0 Å². The molecule has 3 nitrogen and oxygen atoms in total. The summed E-state index contributed by atoms with van der Waals surface area (Å²) in [6.45, 7) is 50.8. The van der Waals surface area contributed by atoms with Gasteiger partial charge in [0.2, 0.25) is 0 Å². The molecule has 0 amide bonds. The van der Waals surface area contributed by atoms with Crippen LogP contribution in [0.5, 0.6) is 17.2 Å². The van der Waals surface area contributed by atoms with E-state index in [0.29, 0.717) is 0 Å². The van der Waals surface area contributed by atoms with Crippen LogP contribution in [0.1, 0.15) is 292 Å². The summed E-state index contributed by atoms with van der Waals surface area (Å²) >= 11 is 0. The average Bonchev–Trinajstić information content (AvgIpc) is 3.59. The van der Waals surface area contributed by atoms with Gasteiger partial charge in [-0.3, -0.25) is 0 Å². The molecule has 3 aliphatic rings. The molecule has 0 saturated carbocycles. The Kier molecular flexibility index (Phi) is 15.2. The van der Waals surface area contributed by atoms with Crippen molar-refractivity contribution in [1.82, 2.24) is 0 Å². The molecule has 0 saturated heterocycles. The van der Waals surface area contributed by atoms with E-state index in [1.165, 1.54) is 108 Å². The first-order chi connectivity index (χ1) is 30.7.